The molecule has 0 amide bonds. The van der Waals surface area contributed by atoms with E-state index in [1.54, 1.807) is 0 Å². The van der Waals surface area contributed by atoms with Crippen molar-refractivity contribution in [1.29, 1.82) is 0 Å². The predicted molar refractivity (Wildman–Crippen MR) is 56.4 cm³/mol. The molecule has 0 saturated heterocycles. The summed E-state index contributed by atoms with van der Waals surface area (Å²) in [6.07, 6.45) is 3.85. The van der Waals surface area contributed by atoms with Crippen molar-refractivity contribution in [3.63, 3.8) is 0 Å². The highest BCUT2D eigenvalue weighted by molar-refractivity contribution is 7.92. The summed E-state index contributed by atoms with van der Waals surface area (Å²) in [6.45, 7) is 0. The van der Waals surface area contributed by atoms with Crippen molar-refractivity contribution in [2.45, 2.75) is 22.7 Å². The van der Waals surface area contributed by atoms with Gasteiger partial charge in [-0.1, -0.05) is 24.3 Å². The Morgan fingerprint density at radius 2 is 2.00 bits per heavy atom. The van der Waals surface area contributed by atoms with Gasteiger partial charge in [-0.3, -0.25) is 0 Å². The number of benzene rings is 1. The molecular formula is C11H12O2S. The van der Waals surface area contributed by atoms with Crippen LogP contribution in [0.3, 0.4) is 0 Å². The molecule has 1 aliphatic carbocycles. The van der Waals surface area contributed by atoms with E-state index in [4.69, 9.17) is 0 Å². The second-order valence-electron chi connectivity index (χ2n) is 3.31. The van der Waals surface area contributed by atoms with Gasteiger partial charge in [0.25, 0.3) is 0 Å². The number of aliphatic hydroxyl groups is 1. The van der Waals surface area contributed by atoms with Gasteiger partial charge in [0.05, 0.1) is 0 Å². The molecule has 0 bridgehead atoms. The molecule has 1 aromatic carbocycles. The van der Waals surface area contributed by atoms with Crippen LogP contribution in [0.5, 0.6) is 0 Å². The maximum absolute atomic E-state index is 12.0. The Morgan fingerprint density at radius 3 is 2.57 bits per heavy atom. The molecule has 74 valence electrons. The first-order valence-corrected chi connectivity index (χ1v) is 5.80. The first-order chi connectivity index (χ1) is 6.79. The van der Waals surface area contributed by atoms with Gasteiger partial charge in [-0.15, -0.1) is 0 Å². The molecule has 3 atom stereocenters. The summed E-state index contributed by atoms with van der Waals surface area (Å²) >= 11 is -1.13. The minimum absolute atomic E-state index is 0.239. The molecule has 1 aliphatic rings. The highest BCUT2D eigenvalue weighted by Crippen LogP contribution is 2.24. The second kappa shape index (κ2) is 4.17. The summed E-state index contributed by atoms with van der Waals surface area (Å²) in [4.78, 5) is 0.781. The molecule has 0 spiro atoms. The van der Waals surface area contributed by atoms with Crippen LogP contribution in [-0.4, -0.2) is 21.0 Å². The first kappa shape index (κ1) is 9.77. The zero-order chi connectivity index (χ0) is 9.97. The summed E-state index contributed by atoms with van der Waals surface area (Å²) in [5.74, 6) is 0. The molecule has 0 fully saturated rings. The van der Waals surface area contributed by atoms with Gasteiger partial charge in [-0.25, -0.2) is 0 Å². The normalized spacial score (nSPS) is 27.9. The highest BCUT2D eigenvalue weighted by Gasteiger charge is 2.32. The molecule has 14 heavy (non-hydrogen) atoms. The molecule has 0 saturated carbocycles. The molecule has 2 rings (SSSR count). The van der Waals surface area contributed by atoms with E-state index in [0.29, 0.717) is 6.42 Å². The van der Waals surface area contributed by atoms with E-state index < -0.39 is 17.3 Å². The van der Waals surface area contributed by atoms with Gasteiger partial charge in [-0.05, 0) is 35.8 Å². The lowest BCUT2D eigenvalue weighted by molar-refractivity contribution is 0.191. The van der Waals surface area contributed by atoms with Crippen molar-refractivity contribution in [2.24, 2.45) is 0 Å². The van der Waals surface area contributed by atoms with Crippen LogP contribution in [0.15, 0.2) is 47.4 Å². The third kappa shape index (κ3) is 1.85. The van der Waals surface area contributed by atoms with Crippen LogP contribution < -0.4 is 0 Å². The Morgan fingerprint density at radius 1 is 1.29 bits per heavy atom. The van der Waals surface area contributed by atoms with Crippen LogP contribution in [-0.2, 0) is 11.2 Å². The van der Waals surface area contributed by atoms with Gasteiger partial charge in [-0.2, -0.15) is 0 Å². The lowest BCUT2D eigenvalue weighted by Crippen LogP contribution is -2.29. The van der Waals surface area contributed by atoms with Gasteiger partial charge in [0.1, 0.15) is 6.10 Å². The number of aliphatic hydroxyl groups excluding tert-OH is 1. The molecule has 1 unspecified atom stereocenters. The van der Waals surface area contributed by atoms with Crippen molar-refractivity contribution >= 4 is 11.2 Å². The number of hydrogen-bond acceptors (Lipinski definition) is 2. The number of hydrogen-bond donors (Lipinski definition) is 1. The van der Waals surface area contributed by atoms with Gasteiger partial charge in [0.15, 0.2) is 10.1 Å². The predicted octanol–water partition coefficient (Wildman–Crippen LogP) is 1.48. The average molecular weight is 208 g/mol. The first-order valence-electron chi connectivity index (χ1n) is 4.59. The fourth-order valence-corrected chi connectivity index (χ4v) is 2.93. The van der Waals surface area contributed by atoms with Gasteiger partial charge < -0.3 is 9.66 Å². The Hall–Kier alpha value is -0.770. The summed E-state index contributed by atoms with van der Waals surface area (Å²) in [5, 5.41) is 9.33. The third-order valence-corrected chi connectivity index (χ3v) is 4.01. The van der Waals surface area contributed by atoms with Crippen LogP contribution in [0.25, 0.3) is 0 Å². The van der Waals surface area contributed by atoms with Crippen LogP contribution in [0.1, 0.15) is 6.42 Å². The average Bonchev–Trinajstić information content (AvgIpc) is 2.65. The minimum Gasteiger partial charge on any atom is -0.611 e. The Bertz CT molecular complexity index is 323. The molecule has 1 aromatic rings. The van der Waals surface area contributed by atoms with Gasteiger partial charge >= 0.3 is 0 Å². The second-order valence-corrected chi connectivity index (χ2v) is 4.92. The standard InChI is InChI=1S/C11H12O2S/c12-10-7-4-8-11(10)14(13)9-5-2-1-3-6-9/h1-6,8,10-12H,7H2/t10-,11-,14?/m1/s1. The maximum Gasteiger partial charge on any atom is 0.165 e. The lowest BCUT2D eigenvalue weighted by Gasteiger charge is -2.18. The highest BCUT2D eigenvalue weighted by atomic mass is 32.2. The largest absolute Gasteiger partial charge is 0.611 e. The lowest BCUT2D eigenvalue weighted by atomic mass is 10.3. The Balaban J connectivity index is 2.16. The SMILES string of the molecule is [O-][S+](c1ccccc1)[C@@H]1C=CC[C@H]1O. The fourth-order valence-electron chi connectivity index (χ4n) is 1.54. The van der Waals surface area contributed by atoms with E-state index in [-0.39, 0.29) is 5.25 Å². The van der Waals surface area contributed by atoms with Crippen molar-refractivity contribution in [3.8, 4) is 0 Å². The summed E-state index contributed by atoms with van der Waals surface area (Å²) in [5.41, 5.74) is 0. The molecule has 0 heterocycles. The van der Waals surface area contributed by atoms with Crippen molar-refractivity contribution in [1.82, 2.24) is 0 Å². The molecule has 1 N–H and O–H groups in total. The maximum atomic E-state index is 12.0. The van der Waals surface area contributed by atoms with Crippen molar-refractivity contribution in [2.75, 3.05) is 0 Å². The Kier molecular flexibility index (Phi) is 2.91. The summed E-state index contributed by atoms with van der Waals surface area (Å²) in [7, 11) is 0. The van der Waals surface area contributed by atoms with E-state index in [1.807, 2.05) is 42.5 Å². The molecule has 0 aromatic heterocycles. The van der Waals surface area contributed by atoms with E-state index >= 15 is 0 Å². The fraction of sp³-hybridized carbons (Fsp3) is 0.273. The summed E-state index contributed by atoms with van der Waals surface area (Å²) < 4.78 is 12.0. The van der Waals surface area contributed by atoms with Crippen LogP contribution in [0.4, 0.5) is 0 Å². The number of rotatable bonds is 2. The minimum atomic E-state index is -1.13. The van der Waals surface area contributed by atoms with Crippen molar-refractivity contribution in [3.05, 3.63) is 42.5 Å². The smallest absolute Gasteiger partial charge is 0.165 e. The molecule has 2 nitrogen and oxygen atoms in total. The molecule has 3 heteroatoms. The molecular weight excluding hydrogens is 196 g/mol. The van der Waals surface area contributed by atoms with E-state index in [2.05, 4.69) is 0 Å². The van der Waals surface area contributed by atoms with E-state index in [0.717, 1.165) is 4.90 Å². The molecule has 0 radical (unpaired) electrons. The quantitative estimate of drug-likeness (QED) is 0.591. The summed E-state index contributed by atoms with van der Waals surface area (Å²) in [6, 6.07) is 9.27. The van der Waals surface area contributed by atoms with Crippen molar-refractivity contribution < 1.29 is 9.66 Å². The van der Waals surface area contributed by atoms with Gasteiger partial charge in [0.2, 0.25) is 0 Å². The van der Waals surface area contributed by atoms with E-state index in [1.165, 1.54) is 0 Å². The van der Waals surface area contributed by atoms with Crippen LogP contribution in [0, 0.1) is 0 Å². The Labute approximate surface area is 86.4 Å². The van der Waals surface area contributed by atoms with E-state index in [9.17, 15) is 9.66 Å². The van der Waals surface area contributed by atoms with Crippen LogP contribution in [0.2, 0.25) is 0 Å². The van der Waals surface area contributed by atoms with Gasteiger partial charge in [0, 0.05) is 0 Å². The molecule has 0 aliphatic heterocycles. The topological polar surface area (TPSA) is 43.3 Å². The monoisotopic (exact) mass is 208 g/mol. The zero-order valence-corrected chi connectivity index (χ0v) is 8.48. The third-order valence-electron chi connectivity index (χ3n) is 2.31. The zero-order valence-electron chi connectivity index (χ0n) is 7.67. The van der Waals surface area contributed by atoms with Crippen LogP contribution >= 0.6 is 0 Å².